The van der Waals surface area contributed by atoms with E-state index in [9.17, 15) is 4.39 Å². The van der Waals surface area contributed by atoms with Crippen molar-refractivity contribution in [1.82, 2.24) is 9.97 Å². The Hall–Kier alpha value is -3.91. The van der Waals surface area contributed by atoms with Crippen LogP contribution in [0.1, 0.15) is 5.56 Å². The van der Waals surface area contributed by atoms with Gasteiger partial charge in [-0.3, -0.25) is 0 Å². The van der Waals surface area contributed by atoms with Crippen LogP contribution in [0.4, 0.5) is 10.2 Å². The Morgan fingerprint density at radius 1 is 0.917 bits per heavy atom. The van der Waals surface area contributed by atoms with E-state index in [2.05, 4.69) is 16.0 Å². The summed E-state index contributed by atoms with van der Waals surface area (Å²) < 4.78 is 35.9. The largest absolute Gasteiger partial charge is 0.493 e. The van der Waals surface area contributed by atoms with E-state index >= 15 is 0 Å². The number of morpholine rings is 1. The van der Waals surface area contributed by atoms with Gasteiger partial charge in [0.15, 0.2) is 11.5 Å². The SMILES string of the molecule is COc1cccc(CCOc2nc(N3CCOCC3)c3cc(-c4ccc(F)cc4)ccc3n2)c1OC. The minimum Gasteiger partial charge on any atom is -0.493 e. The molecule has 8 heteroatoms. The molecule has 0 bridgehead atoms. The van der Waals surface area contributed by atoms with Crippen molar-refractivity contribution in [3.8, 4) is 28.6 Å². The second-order valence-corrected chi connectivity index (χ2v) is 8.42. The first kappa shape index (κ1) is 23.8. The van der Waals surface area contributed by atoms with Gasteiger partial charge in [0.2, 0.25) is 0 Å². The summed E-state index contributed by atoms with van der Waals surface area (Å²) in [5, 5.41) is 0.917. The van der Waals surface area contributed by atoms with E-state index in [1.54, 1.807) is 26.4 Å². The minimum absolute atomic E-state index is 0.259. The highest BCUT2D eigenvalue weighted by atomic mass is 19.1. The van der Waals surface area contributed by atoms with E-state index in [0.717, 1.165) is 46.5 Å². The van der Waals surface area contributed by atoms with E-state index in [1.807, 2.05) is 30.3 Å². The fourth-order valence-electron chi connectivity index (χ4n) is 4.40. The number of rotatable bonds is 8. The van der Waals surface area contributed by atoms with Crippen molar-refractivity contribution in [3.63, 3.8) is 0 Å². The summed E-state index contributed by atoms with van der Waals surface area (Å²) in [5.74, 6) is 1.93. The maximum absolute atomic E-state index is 13.4. The van der Waals surface area contributed by atoms with Crippen molar-refractivity contribution in [2.75, 3.05) is 52.0 Å². The molecular weight excluding hydrogens is 461 g/mol. The summed E-state index contributed by atoms with van der Waals surface area (Å²) in [6, 6.07) is 18.6. The first-order chi connectivity index (χ1) is 17.7. The van der Waals surface area contributed by atoms with Crippen molar-refractivity contribution < 1.29 is 23.3 Å². The van der Waals surface area contributed by atoms with Crippen LogP contribution in [0, 0.1) is 5.82 Å². The molecule has 7 nitrogen and oxygen atoms in total. The van der Waals surface area contributed by atoms with Gasteiger partial charge in [0.25, 0.3) is 0 Å². The second-order valence-electron chi connectivity index (χ2n) is 8.42. The number of methoxy groups -OCH3 is 2. The first-order valence-corrected chi connectivity index (χ1v) is 11.9. The molecule has 1 aromatic heterocycles. The molecule has 2 heterocycles. The van der Waals surface area contributed by atoms with E-state index in [1.165, 1.54) is 12.1 Å². The molecule has 0 amide bonds. The molecule has 0 aliphatic carbocycles. The topological polar surface area (TPSA) is 65.9 Å². The van der Waals surface area contributed by atoms with Crippen molar-refractivity contribution >= 4 is 16.7 Å². The summed E-state index contributed by atoms with van der Waals surface area (Å²) in [6.07, 6.45) is 0.609. The molecule has 0 atom stereocenters. The minimum atomic E-state index is -0.259. The summed E-state index contributed by atoms with van der Waals surface area (Å²) >= 11 is 0. The Bertz CT molecular complexity index is 1340. The van der Waals surface area contributed by atoms with Gasteiger partial charge in [-0.2, -0.15) is 9.97 Å². The molecule has 0 radical (unpaired) electrons. The quantitative estimate of drug-likeness (QED) is 0.348. The normalized spacial score (nSPS) is 13.6. The molecule has 1 aliphatic rings. The Morgan fingerprint density at radius 2 is 1.69 bits per heavy atom. The van der Waals surface area contributed by atoms with Crippen LogP contribution in [-0.4, -0.2) is 57.1 Å². The van der Waals surface area contributed by atoms with Gasteiger partial charge >= 0.3 is 6.01 Å². The van der Waals surface area contributed by atoms with Crippen LogP contribution in [-0.2, 0) is 11.2 Å². The number of anilines is 1. The lowest BCUT2D eigenvalue weighted by Gasteiger charge is -2.29. The maximum Gasteiger partial charge on any atom is 0.318 e. The Labute approximate surface area is 209 Å². The second kappa shape index (κ2) is 10.8. The Kier molecular flexibility index (Phi) is 7.13. The third-order valence-corrected chi connectivity index (χ3v) is 6.23. The van der Waals surface area contributed by atoms with Crippen LogP contribution in [0.2, 0.25) is 0 Å². The number of hydrogen-bond acceptors (Lipinski definition) is 7. The number of hydrogen-bond donors (Lipinski definition) is 0. The van der Waals surface area contributed by atoms with Crippen LogP contribution < -0.4 is 19.1 Å². The number of aromatic nitrogens is 2. The number of ether oxygens (including phenoxy) is 4. The van der Waals surface area contributed by atoms with Gasteiger partial charge in [-0.05, 0) is 41.5 Å². The Balaban J connectivity index is 1.44. The van der Waals surface area contributed by atoms with E-state index in [4.69, 9.17) is 23.9 Å². The van der Waals surface area contributed by atoms with E-state index in [-0.39, 0.29) is 5.82 Å². The average Bonchev–Trinajstić information content (AvgIpc) is 2.93. The molecule has 1 fully saturated rings. The molecular formula is C28H28FN3O4. The number of para-hydroxylation sites is 1. The van der Waals surface area contributed by atoms with Crippen molar-refractivity contribution in [2.45, 2.75) is 6.42 Å². The lowest BCUT2D eigenvalue weighted by atomic mass is 10.0. The van der Waals surface area contributed by atoms with Gasteiger partial charge < -0.3 is 23.8 Å². The van der Waals surface area contributed by atoms with Crippen molar-refractivity contribution in [3.05, 3.63) is 72.0 Å². The fourth-order valence-corrected chi connectivity index (χ4v) is 4.40. The molecule has 0 N–H and O–H groups in total. The van der Waals surface area contributed by atoms with Crippen LogP contribution in [0.5, 0.6) is 17.5 Å². The average molecular weight is 490 g/mol. The highest BCUT2D eigenvalue weighted by Crippen LogP contribution is 2.33. The molecule has 0 spiro atoms. The molecule has 4 aromatic rings. The number of benzene rings is 3. The summed E-state index contributed by atoms with van der Waals surface area (Å²) in [7, 11) is 3.25. The third-order valence-electron chi connectivity index (χ3n) is 6.23. The van der Waals surface area contributed by atoms with Crippen LogP contribution in [0.3, 0.4) is 0 Å². The fraction of sp³-hybridized carbons (Fsp3) is 0.286. The van der Waals surface area contributed by atoms with Crippen molar-refractivity contribution in [1.29, 1.82) is 0 Å². The van der Waals surface area contributed by atoms with Gasteiger partial charge in [-0.15, -0.1) is 0 Å². The highest BCUT2D eigenvalue weighted by molar-refractivity contribution is 5.93. The molecule has 5 rings (SSSR count). The predicted octanol–water partition coefficient (Wildman–Crippen LogP) is 4.91. The molecule has 1 aliphatic heterocycles. The first-order valence-electron chi connectivity index (χ1n) is 11.9. The van der Waals surface area contributed by atoms with Crippen LogP contribution in [0.25, 0.3) is 22.0 Å². The highest BCUT2D eigenvalue weighted by Gasteiger charge is 2.19. The molecule has 0 saturated carbocycles. The predicted molar refractivity (Wildman–Crippen MR) is 137 cm³/mol. The zero-order chi connectivity index (χ0) is 24.9. The smallest absolute Gasteiger partial charge is 0.318 e. The lowest BCUT2D eigenvalue weighted by molar-refractivity contribution is 0.122. The Morgan fingerprint density at radius 3 is 2.44 bits per heavy atom. The summed E-state index contributed by atoms with van der Waals surface area (Å²) in [4.78, 5) is 11.7. The molecule has 36 heavy (non-hydrogen) atoms. The zero-order valence-corrected chi connectivity index (χ0v) is 20.4. The maximum atomic E-state index is 13.4. The number of nitrogens with zero attached hydrogens (tertiary/aromatic N) is 3. The number of fused-ring (bicyclic) bond motifs is 1. The van der Waals surface area contributed by atoms with Gasteiger partial charge in [0.1, 0.15) is 11.6 Å². The zero-order valence-electron chi connectivity index (χ0n) is 20.4. The summed E-state index contributed by atoms with van der Waals surface area (Å²) in [5.41, 5.74) is 3.67. The summed E-state index contributed by atoms with van der Waals surface area (Å²) in [6.45, 7) is 3.11. The van der Waals surface area contributed by atoms with Gasteiger partial charge in [-0.1, -0.05) is 30.3 Å². The van der Waals surface area contributed by atoms with E-state index in [0.29, 0.717) is 43.8 Å². The standard InChI is InChI=1S/C28H28FN3O4/c1-33-25-5-3-4-20(26(25)34-2)12-15-36-28-30-24-11-8-21(19-6-9-22(29)10-7-19)18-23(24)27(31-28)32-13-16-35-17-14-32/h3-11,18H,12-17H2,1-2H3. The van der Waals surface area contributed by atoms with Gasteiger partial charge in [0.05, 0.1) is 39.6 Å². The molecule has 186 valence electrons. The molecule has 0 unspecified atom stereocenters. The van der Waals surface area contributed by atoms with Gasteiger partial charge in [-0.25, -0.2) is 4.39 Å². The van der Waals surface area contributed by atoms with Gasteiger partial charge in [0, 0.05) is 30.5 Å². The number of halogens is 1. The monoisotopic (exact) mass is 489 g/mol. The molecule has 1 saturated heterocycles. The lowest BCUT2D eigenvalue weighted by Crippen LogP contribution is -2.37. The van der Waals surface area contributed by atoms with E-state index < -0.39 is 0 Å². The van der Waals surface area contributed by atoms with Crippen LogP contribution >= 0.6 is 0 Å². The molecule has 3 aromatic carbocycles. The van der Waals surface area contributed by atoms with Crippen molar-refractivity contribution in [2.24, 2.45) is 0 Å². The van der Waals surface area contributed by atoms with Crippen LogP contribution in [0.15, 0.2) is 60.7 Å². The third kappa shape index (κ3) is 5.04.